The number of hydrogen-bond acceptors (Lipinski definition) is 3. The minimum absolute atomic E-state index is 0.0869. The van der Waals surface area contributed by atoms with Gasteiger partial charge >= 0.3 is 0 Å². The molecule has 0 aliphatic carbocycles. The summed E-state index contributed by atoms with van der Waals surface area (Å²) in [6.45, 7) is 5.91. The van der Waals surface area contributed by atoms with Crippen LogP contribution in [0.5, 0.6) is 5.88 Å². The fraction of sp³-hybridized carbons (Fsp3) is 0.263. The van der Waals surface area contributed by atoms with E-state index in [1.54, 1.807) is 11.6 Å². The predicted molar refractivity (Wildman–Crippen MR) is 96.5 cm³/mol. The van der Waals surface area contributed by atoms with E-state index in [4.69, 9.17) is 0 Å². The first-order valence-corrected chi connectivity index (χ1v) is 7.95. The molecule has 0 radical (unpaired) electrons. The van der Waals surface area contributed by atoms with Crippen LogP contribution in [0.15, 0.2) is 29.2 Å². The molecule has 0 atom stereocenters. The second-order valence-electron chi connectivity index (χ2n) is 6.07. The van der Waals surface area contributed by atoms with Crippen LogP contribution in [0, 0.1) is 25.7 Å². The number of nitrogens with one attached hydrogen (secondary N) is 1. The van der Waals surface area contributed by atoms with Gasteiger partial charge in [0.05, 0.1) is 12.2 Å². The molecular formula is C19H20N4O2. The first-order valence-electron chi connectivity index (χ1n) is 7.95. The quantitative estimate of drug-likeness (QED) is 0.721. The fourth-order valence-electron chi connectivity index (χ4n) is 3.09. The Balaban J connectivity index is 2.09. The zero-order valence-electron chi connectivity index (χ0n) is 14.7. The number of H-pyrrole nitrogens is 1. The summed E-state index contributed by atoms with van der Waals surface area (Å²) in [4.78, 5) is 12.5. The van der Waals surface area contributed by atoms with Gasteiger partial charge in [0.2, 0.25) is 5.88 Å². The Morgan fingerprint density at radius 1 is 1.24 bits per heavy atom. The van der Waals surface area contributed by atoms with Crippen molar-refractivity contribution in [1.82, 2.24) is 19.6 Å². The lowest BCUT2D eigenvalue weighted by Gasteiger charge is -2.10. The molecule has 0 fully saturated rings. The van der Waals surface area contributed by atoms with Gasteiger partial charge in [0, 0.05) is 18.8 Å². The topological polar surface area (TPSA) is 75.8 Å². The maximum atomic E-state index is 12.5. The summed E-state index contributed by atoms with van der Waals surface area (Å²) >= 11 is 0. The van der Waals surface area contributed by atoms with Crippen molar-refractivity contribution in [1.29, 1.82) is 0 Å². The monoisotopic (exact) mass is 336 g/mol. The van der Waals surface area contributed by atoms with Gasteiger partial charge in [0.1, 0.15) is 5.56 Å². The van der Waals surface area contributed by atoms with Crippen molar-refractivity contribution in [2.45, 2.75) is 27.3 Å². The number of benzene rings is 1. The Morgan fingerprint density at radius 3 is 2.48 bits per heavy atom. The lowest BCUT2D eigenvalue weighted by Crippen LogP contribution is -2.08. The smallest absolute Gasteiger partial charge is 0.275 e. The number of aromatic amines is 1. The molecule has 0 saturated heterocycles. The van der Waals surface area contributed by atoms with Crippen LogP contribution in [0.2, 0.25) is 0 Å². The number of aromatic hydroxyl groups is 1. The summed E-state index contributed by atoms with van der Waals surface area (Å²) in [5, 5.41) is 17.6. The number of aromatic nitrogens is 4. The lowest BCUT2D eigenvalue weighted by atomic mass is 9.95. The summed E-state index contributed by atoms with van der Waals surface area (Å²) in [7, 11) is 1.82. The molecule has 3 aromatic rings. The molecule has 1 aromatic carbocycles. The van der Waals surface area contributed by atoms with Crippen molar-refractivity contribution in [3.8, 4) is 28.8 Å². The maximum absolute atomic E-state index is 12.5. The molecule has 25 heavy (non-hydrogen) atoms. The zero-order valence-corrected chi connectivity index (χ0v) is 14.7. The minimum atomic E-state index is -0.325. The van der Waals surface area contributed by atoms with Crippen molar-refractivity contribution in [3.63, 3.8) is 0 Å². The van der Waals surface area contributed by atoms with Crippen LogP contribution in [0.25, 0.3) is 11.1 Å². The molecule has 2 heterocycles. The normalized spacial score (nSPS) is 10.6. The lowest BCUT2D eigenvalue weighted by molar-refractivity contribution is 0.408. The van der Waals surface area contributed by atoms with Crippen LogP contribution in [-0.4, -0.2) is 24.7 Å². The fourth-order valence-corrected chi connectivity index (χ4v) is 3.09. The average molecular weight is 336 g/mol. The van der Waals surface area contributed by atoms with E-state index in [-0.39, 0.29) is 17.0 Å². The minimum Gasteiger partial charge on any atom is -0.493 e. The van der Waals surface area contributed by atoms with Crippen molar-refractivity contribution < 1.29 is 5.11 Å². The largest absolute Gasteiger partial charge is 0.493 e. The highest BCUT2D eigenvalue weighted by atomic mass is 16.3. The molecule has 0 saturated carbocycles. The molecule has 0 unspecified atom stereocenters. The van der Waals surface area contributed by atoms with Crippen molar-refractivity contribution >= 4 is 0 Å². The van der Waals surface area contributed by atoms with Gasteiger partial charge in [-0.3, -0.25) is 14.6 Å². The third kappa shape index (κ3) is 3.09. The van der Waals surface area contributed by atoms with Gasteiger partial charge in [0.15, 0.2) is 0 Å². The Labute approximate surface area is 145 Å². The summed E-state index contributed by atoms with van der Waals surface area (Å²) < 4.78 is 3.09. The highest BCUT2D eigenvalue weighted by molar-refractivity contribution is 5.75. The van der Waals surface area contributed by atoms with E-state index >= 15 is 0 Å². The summed E-state index contributed by atoms with van der Waals surface area (Å²) in [5.74, 6) is 5.81. The second-order valence-corrected chi connectivity index (χ2v) is 6.07. The average Bonchev–Trinajstić information content (AvgIpc) is 3.05. The highest BCUT2D eigenvalue weighted by Crippen LogP contribution is 2.32. The van der Waals surface area contributed by atoms with Gasteiger partial charge in [-0.25, -0.2) is 4.68 Å². The van der Waals surface area contributed by atoms with Crippen LogP contribution in [0.3, 0.4) is 0 Å². The summed E-state index contributed by atoms with van der Waals surface area (Å²) in [6, 6.07) is 5.69. The molecule has 6 nitrogen and oxygen atoms in total. The molecule has 6 heteroatoms. The Kier molecular flexibility index (Phi) is 4.24. The third-order valence-corrected chi connectivity index (χ3v) is 4.08. The Hall–Kier alpha value is -3.20. The molecule has 0 aliphatic rings. The first kappa shape index (κ1) is 16.7. The Morgan fingerprint density at radius 2 is 1.92 bits per heavy atom. The van der Waals surface area contributed by atoms with Gasteiger partial charge in [-0.1, -0.05) is 5.92 Å². The van der Waals surface area contributed by atoms with E-state index in [0.29, 0.717) is 6.54 Å². The second kappa shape index (κ2) is 6.36. The molecule has 3 rings (SSSR count). The Bertz CT molecular complexity index is 1030. The van der Waals surface area contributed by atoms with Gasteiger partial charge in [-0.2, -0.15) is 5.10 Å². The van der Waals surface area contributed by atoms with E-state index < -0.39 is 0 Å². The molecule has 0 spiro atoms. The van der Waals surface area contributed by atoms with Crippen LogP contribution < -0.4 is 5.56 Å². The van der Waals surface area contributed by atoms with Crippen molar-refractivity contribution in [2.75, 3.05) is 0 Å². The van der Waals surface area contributed by atoms with E-state index in [0.717, 1.165) is 27.9 Å². The van der Waals surface area contributed by atoms with Crippen LogP contribution in [-0.2, 0) is 13.6 Å². The van der Waals surface area contributed by atoms with Gasteiger partial charge < -0.3 is 5.11 Å². The van der Waals surface area contributed by atoms with Crippen LogP contribution in [0.1, 0.15) is 29.3 Å². The van der Waals surface area contributed by atoms with Crippen LogP contribution >= 0.6 is 0 Å². The number of aryl methyl sites for hydroxylation is 3. The van der Waals surface area contributed by atoms with Crippen molar-refractivity contribution in [3.05, 3.63) is 57.1 Å². The summed E-state index contributed by atoms with van der Waals surface area (Å²) in [6.07, 6.45) is 1.82. The third-order valence-electron chi connectivity index (χ3n) is 4.08. The van der Waals surface area contributed by atoms with E-state index in [1.165, 1.54) is 4.68 Å². The number of nitrogens with zero attached hydrogens (tertiary/aromatic N) is 3. The van der Waals surface area contributed by atoms with E-state index in [2.05, 4.69) is 22.0 Å². The van der Waals surface area contributed by atoms with Gasteiger partial charge in [-0.15, -0.1) is 5.92 Å². The number of hydrogen-bond donors (Lipinski definition) is 2. The van der Waals surface area contributed by atoms with E-state index in [9.17, 15) is 9.90 Å². The summed E-state index contributed by atoms with van der Waals surface area (Å²) in [5.41, 5.74) is 4.13. The zero-order chi connectivity index (χ0) is 18.1. The van der Waals surface area contributed by atoms with Crippen molar-refractivity contribution in [2.24, 2.45) is 7.05 Å². The molecular weight excluding hydrogens is 316 g/mol. The van der Waals surface area contributed by atoms with Crippen LogP contribution in [0.4, 0.5) is 0 Å². The standard InChI is InChI=1S/C19H20N4O2/c1-5-6-14-9-12(2)16(13(3)10-14)17-18(24)21-23(19(17)25)11-15-7-8-22(4)20-15/h7-10,25H,11H2,1-4H3,(H,21,24). The highest BCUT2D eigenvalue weighted by Gasteiger charge is 2.20. The molecule has 0 aliphatic heterocycles. The SMILES string of the molecule is CC#Cc1cc(C)c(-c2c(O)n(Cc3ccn(C)n3)[nH]c2=O)c(C)c1. The predicted octanol–water partition coefficient (Wildman–Crippen LogP) is 2.32. The first-order chi connectivity index (χ1) is 11.9. The van der Waals surface area contributed by atoms with E-state index in [1.807, 2.05) is 45.3 Å². The number of rotatable bonds is 3. The molecule has 2 N–H and O–H groups in total. The molecule has 2 aromatic heterocycles. The van der Waals surface area contributed by atoms with Gasteiger partial charge in [0.25, 0.3) is 5.56 Å². The molecule has 0 amide bonds. The van der Waals surface area contributed by atoms with Gasteiger partial charge in [-0.05, 0) is 55.7 Å². The molecule has 128 valence electrons. The maximum Gasteiger partial charge on any atom is 0.275 e. The molecule has 0 bridgehead atoms.